The summed E-state index contributed by atoms with van der Waals surface area (Å²) in [5, 5.41) is 3.47. The number of nitrogens with two attached hydrogens (primary N) is 1. The zero-order valence-corrected chi connectivity index (χ0v) is 9.50. The molecule has 86 valence electrons. The van der Waals surface area contributed by atoms with Gasteiger partial charge in [-0.2, -0.15) is 0 Å². The summed E-state index contributed by atoms with van der Waals surface area (Å²) in [6, 6.07) is 0. The lowest BCUT2D eigenvalue weighted by atomic mass is 10.1. The lowest BCUT2D eigenvalue weighted by Crippen LogP contribution is -2.25. The highest BCUT2D eigenvalue weighted by atomic mass is 15.0. The Morgan fingerprint density at radius 2 is 2.19 bits per heavy atom. The standard InChI is InChI=1S/C12H18N4/c13-6-12(4-5-12)7-14-11-9-2-1-3-10(9)15-8-16-11/h8H,1-7,13H2,(H,14,15,16). The van der Waals surface area contributed by atoms with Crippen LogP contribution in [0.2, 0.25) is 0 Å². The van der Waals surface area contributed by atoms with Crippen molar-refractivity contribution in [1.29, 1.82) is 0 Å². The maximum absolute atomic E-state index is 5.77. The van der Waals surface area contributed by atoms with Gasteiger partial charge in [-0.15, -0.1) is 0 Å². The van der Waals surface area contributed by atoms with E-state index in [0.29, 0.717) is 5.41 Å². The molecule has 4 nitrogen and oxygen atoms in total. The molecule has 0 atom stereocenters. The van der Waals surface area contributed by atoms with E-state index in [0.717, 1.165) is 31.7 Å². The van der Waals surface area contributed by atoms with Crippen molar-refractivity contribution in [1.82, 2.24) is 9.97 Å². The minimum atomic E-state index is 0.358. The summed E-state index contributed by atoms with van der Waals surface area (Å²) in [5.41, 5.74) is 8.69. The Labute approximate surface area is 95.7 Å². The monoisotopic (exact) mass is 218 g/mol. The van der Waals surface area contributed by atoms with E-state index in [9.17, 15) is 0 Å². The molecule has 3 rings (SSSR count). The topological polar surface area (TPSA) is 63.8 Å². The first-order valence-electron chi connectivity index (χ1n) is 6.10. The van der Waals surface area contributed by atoms with Crippen molar-refractivity contribution in [2.45, 2.75) is 32.1 Å². The van der Waals surface area contributed by atoms with E-state index in [1.54, 1.807) is 6.33 Å². The van der Waals surface area contributed by atoms with E-state index in [-0.39, 0.29) is 0 Å². The van der Waals surface area contributed by atoms with E-state index in [1.807, 2.05) is 0 Å². The van der Waals surface area contributed by atoms with Crippen LogP contribution in [0.15, 0.2) is 6.33 Å². The Hall–Kier alpha value is -1.16. The third-order valence-corrected chi connectivity index (χ3v) is 3.90. The van der Waals surface area contributed by atoms with E-state index in [4.69, 9.17) is 5.73 Å². The minimum absolute atomic E-state index is 0.358. The first-order chi connectivity index (χ1) is 7.83. The van der Waals surface area contributed by atoms with E-state index in [2.05, 4.69) is 15.3 Å². The highest BCUT2D eigenvalue weighted by Gasteiger charge is 2.41. The number of nitrogens with zero attached hydrogens (tertiary/aromatic N) is 2. The normalized spacial score (nSPS) is 20.6. The van der Waals surface area contributed by atoms with Crippen molar-refractivity contribution in [3.63, 3.8) is 0 Å². The summed E-state index contributed by atoms with van der Waals surface area (Å²) in [5.74, 6) is 1.04. The quantitative estimate of drug-likeness (QED) is 0.794. The number of anilines is 1. The predicted octanol–water partition coefficient (Wildman–Crippen LogP) is 1.12. The predicted molar refractivity (Wildman–Crippen MR) is 63.3 cm³/mol. The number of aromatic nitrogens is 2. The Kier molecular flexibility index (Phi) is 2.32. The number of hydrogen-bond donors (Lipinski definition) is 2. The Bertz CT molecular complexity index is 398. The number of fused-ring (bicyclic) bond motifs is 1. The molecule has 0 saturated heterocycles. The van der Waals surface area contributed by atoms with Gasteiger partial charge in [0.1, 0.15) is 12.1 Å². The average Bonchev–Trinajstić information content (AvgIpc) is 2.94. The number of hydrogen-bond acceptors (Lipinski definition) is 4. The van der Waals surface area contributed by atoms with Crippen LogP contribution in [0.1, 0.15) is 30.5 Å². The van der Waals surface area contributed by atoms with Gasteiger partial charge in [0.05, 0.1) is 0 Å². The summed E-state index contributed by atoms with van der Waals surface area (Å²) >= 11 is 0. The minimum Gasteiger partial charge on any atom is -0.369 e. The van der Waals surface area contributed by atoms with Crippen LogP contribution in [0.4, 0.5) is 5.82 Å². The molecule has 1 heterocycles. The Morgan fingerprint density at radius 3 is 2.94 bits per heavy atom. The zero-order valence-electron chi connectivity index (χ0n) is 9.50. The van der Waals surface area contributed by atoms with Crippen molar-refractivity contribution in [2.24, 2.45) is 11.1 Å². The second-order valence-corrected chi connectivity index (χ2v) is 5.06. The lowest BCUT2D eigenvalue weighted by Gasteiger charge is -2.15. The Balaban J connectivity index is 1.73. The SMILES string of the molecule is NCC1(CNc2ncnc3c2CCC3)CC1. The fourth-order valence-electron chi connectivity index (χ4n) is 2.41. The molecule has 1 saturated carbocycles. The molecule has 4 heteroatoms. The zero-order chi connectivity index (χ0) is 11.0. The smallest absolute Gasteiger partial charge is 0.132 e. The summed E-state index contributed by atoms with van der Waals surface area (Å²) in [7, 11) is 0. The van der Waals surface area contributed by atoms with E-state index < -0.39 is 0 Å². The fraction of sp³-hybridized carbons (Fsp3) is 0.667. The van der Waals surface area contributed by atoms with Crippen molar-refractivity contribution in [3.8, 4) is 0 Å². The van der Waals surface area contributed by atoms with Crippen molar-refractivity contribution in [2.75, 3.05) is 18.4 Å². The third kappa shape index (κ3) is 1.67. The van der Waals surface area contributed by atoms with Crippen LogP contribution in [0.3, 0.4) is 0 Å². The van der Waals surface area contributed by atoms with Gasteiger partial charge in [0.25, 0.3) is 0 Å². The van der Waals surface area contributed by atoms with Crippen LogP contribution in [0.25, 0.3) is 0 Å². The molecule has 0 spiro atoms. The maximum atomic E-state index is 5.77. The number of rotatable bonds is 4. The molecule has 2 aliphatic carbocycles. The van der Waals surface area contributed by atoms with Gasteiger partial charge in [-0.3, -0.25) is 0 Å². The van der Waals surface area contributed by atoms with Crippen LogP contribution in [0, 0.1) is 5.41 Å². The molecule has 0 aromatic carbocycles. The van der Waals surface area contributed by atoms with Crippen LogP contribution < -0.4 is 11.1 Å². The first kappa shape index (κ1) is 10.0. The molecular formula is C12H18N4. The van der Waals surface area contributed by atoms with Gasteiger partial charge in [0.15, 0.2) is 0 Å². The molecule has 0 unspecified atom stereocenters. The van der Waals surface area contributed by atoms with Gasteiger partial charge in [0.2, 0.25) is 0 Å². The fourth-order valence-corrected chi connectivity index (χ4v) is 2.41. The number of nitrogens with one attached hydrogen (secondary N) is 1. The molecule has 3 N–H and O–H groups in total. The van der Waals surface area contributed by atoms with E-state index >= 15 is 0 Å². The number of aryl methyl sites for hydroxylation is 1. The molecule has 0 aliphatic heterocycles. The maximum Gasteiger partial charge on any atom is 0.132 e. The van der Waals surface area contributed by atoms with Crippen LogP contribution >= 0.6 is 0 Å². The highest BCUT2D eigenvalue weighted by Crippen LogP contribution is 2.44. The lowest BCUT2D eigenvalue weighted by molar-refractivity contribution is 0.554. The third-order valence-electron chi connectivity index (χ3n) is 3.90. The largest absolute Gasteiger partial charge is 0.369 e. The second-order valence-electron chi connectivity index (χ2n) is 5.06. The summed E-state index contributed by atoms with van der Waals surface area (Å²) in [4.78, 5) is 8.68. The van der Waals surface area contributed by atoms with Gasteiger partial charge < -0.3 is 11.1 Å². The van der Waals surface area contributed by atoms with Crippen LogP contribution in [-0.4, -0.2) is 23.1 Å². The Morgan fingerprint density at radius 1 is 1.31 bits per heavy atom. The van der Waals surface area contributed by atoms with Crippen LogP contribution in [-0.2, 0) is 12.8 Å². The molecular weight excluding hydrogens is 200 g/mol. The van der Waals surface area contributed by atoms with Gasteiger partial charge >= 0.3 is 0 Å². The second kappa shape index (κ2) is 3.70. The molecule has 0 bridgehead atoms. The summed E-state index contributed by atoms with van der Waals surface area (Å²) in [6.07, 6.45) is 7.62. The van der Waals surface area contributed by atoms with Gasteiger partial charge in [-0.25, -0.2) is 9.97 Å². The highest BCUT2D eigenvalue weighted by molar-refractivity contribution is 5.48. The van der Waals surface area contributed by atoms with E-state index in [1.165, 1.54) is 30.5 Å². The molecule has 0 amide bonds. The van der Waals surface area contributed by atoms with Crippen molar-refractivity contribution >= 4 is 5.82 Å². The molecule has 0 radical (unpaired) electrons. The molecule has 1 aromatic rings. The van der Waals surface area contributed by atoms with Gasteiger partial charge in [-0.1, -0.05) is 0 Å². The molecule has 1 aromatic heterocycles. The average molecular weight is 218 g/mol. The van der Waals surface area contributed by atoms with Crippen LogP contribution in [0.5, 0.6) is 0 Å². The molecule has 2 aliphatic rings. The molecule has 1 fully saturated rings. The van der Waals surface area contributed by atoms with Crippen molar-refractivity contribution in [3.05, 3.63) is 17.6 Å². The van der Waals surface area contributed by atoms with Crippen molar-refractivity contribution < 1.29 is 0 Å². The summed E-state index contributed by atoms with van der Waals surface area (Å²) in [6.45, 7) is 1.75. The van der Waals surface area contributed by atoms with Gasteiger partial charge in [0, 0.05) is 17.8 Å². The first-order valence-corrected chi connectivity index (χ1v) is 6.10. The van der Waals surface area contributed by atoms with Gasteiger partial charge in [-0.05, 0) is 44.1 Å². The summed E-state index contributed by atoms with van der Waals surface area (Å²) < 4.78 is 0. The molecule has 16 heavy (non-hydrogen) atoms.